The van der Waals surface area contributed by atoms with E-state index < -0.39 is 17.7 Å². The molecular weight excluding hydrogens is 618 g/mol. The fourth-order valence-electron chi connectivity index (χ4n) is 5.07. The number of aliphatic hydroxyl groups is 1. The number of nitrogens with zero attached hydrogens (tertiary/aromatic N) is 3. The molecule has 1 aromatic heterocycles. The number of thioether (sulfide) groups is 1. The molecule has 1 atom stereocenters. The third-order valence-corrected chi connectivity index (χ3v) is 9.69. The number of carbonyl (C=O) groups is 2. The first-order chi connectivity index (χ1) is 19.8. The van der Waals surface area contributed by atoms with Gasteiger partial charge in [-0.1, -0.05) is 111 Å². The lowest BCUT2D eigenvalue weighted by molar-refractivity contribution is -0.132. The number of halogens is 1. The van der Waals surface area contributed by atoms with Gasteiger partial charge in [0.25, 0.3) is 5.78 Å². The number of aryl methyl sites for hydroxylation is 2. The summed E-state index contributed by atoms with van der Waals surface area (Å²) in [7, 11) is 0. The lowest BCUT2D eigenvalue weighted by Crippen LogP contribution is -2.29. The molecule has 0 radical (unpaired) electrons. The second kappa shape index (κ2) is 11.2. The molecule has 1 unspecified atom stereocenters. The van der Waals surface area contributed by atoms with Crippen LogP contribution >= 0.6 is 39.0 Å². The van der Waals surface area contributed by atoms with E-state index in [1.165, 1.54) is 44.3 Å². The molecule has 4 aromatic carbocycles. The highest BCUT2D eigenvalue weighted by Crippen LogP contribution is 2.45. The van der Waals surface area contributed by atoms with Crippen molar-refractivity contribution in [2.24, 2.45) is 0 Å². The monoisotopic (exact) mass is 641 g/mol. The molecule has 1 amide bonds. The van der Waals surface area contributed by atoms with Gasteiger partial charge < -0.3 is 5.11 Å². The number of benzene rings is 4. The Hall–Kier alpha value is -3.79. The van der Waals surface area contributed by atoms with Gasteiger partial charge >= 0.3 is 5.91 Å². The minimum atomic E-state index is -0.865. The van der Waals surface area contributed by atoms with E-state index in [1.807, 2.05) is 74.5 Å². The lowest BCUT2D eigenvalue weighted by Gasteiger charge is -2.23. The van der Waals surface area contributed by atoms with Crippen LogP contribution in [0.1, 0.15) is 33.9 Å². The Morgan fingerprint density at radius 2 is 1.76 bits per heavy atom. The molecule has 1 aliphatic heterocycles. The maximum atomic E-state index is 13.6. The molecule has 0 saturated carbocycles. The molecule has 1 aliphatic rings. The number of hydrogen-bond acceptors (Lipinski definition) is 7. The van der Waals surface area contributed by atoms with E-state index in [2.05, 4.69) is 50.4 Å². The van der Waals surface area contributed by atoms with Crippen molar-refractivity contribution in [3.05, 3.63) is 123 Å². The normalized spacial score (nSPS) is 16.6. The van der Waals surface area contributed by atoms with Crippen LogP contribution < -0.4 is 4.90 Å². The van der Waals surface area contributed by atoms with E-state index >= 15 is 0 Å². The highest BCUT2D eigenvalue weighted by Gasteiger charge is 2.48. The third kappa shape index (κ3) is 5.21. The van der Waals surface area contributed by atoms with Crippen molar-refractivity contribution in [1.29, 1.82) is 0 Å². The molecule has 5 aromatic rings. The lowest BCUT2D eigenvalue weighted by atomic mass is 9.93. The van der Waals surface area contributed by atoms with Gasteiger partial charge in [0.15, 0.2) is 4.34 Å². The summed E-state index contributed by atoms with van der Waals surface area (Å²) in [6.45, 7) is 3.78. The first-order valence-electron chi connectivity index (χ1n) is 12.9. The van der Waals surface area contributed by atoms with Crippen LogP contribution in [0.2, 0.25) is 0 Å². The van der Waals surface area contributed by atoms with Gasteiger partial charge in [0, 0.05) is 15.8 Å². The Morgan fingerprint density at radius 3 is 2.59 bits per heavy atom. The van der Waals surface area contributed by atoms with E-state index in [4.69, 9.17) is 0 Å². The largest absolute Gasteiger partial charge is 0.507 e. The van der Waals surface area contributed by atoms with Crippen molar-refractivity contribution in [2.75, 3.05) is 4.90 Å². The van der Waals surface area contributed by atoms with Gasteiger partial charge in [-0.3, -0.25) is 14.5 Å². The number of rotatable bonds is 6. The molecule has 41 heavy (non-hydrogen) atoms. The second-order valence-corrected chi connectivity index (χ2v) is 12.9. The quantitative estimate of drug-likeness (QED) is 0.0665. The maximum absolute atomic E-state index is 13.6. The van der Waals surface area contributed by atoms with Crippen molar-refractivity contribution in [3.63, 3.8) is 0 Å². The maximum Gasteiger partial charge on any atom is 0.301 e. The molecule has 1 N–H and O–H groups in total. The Labute approximate surface area is 253 Å². The van der Waals surface area contributed by atoms with E-state index in [9.17, 15) is 14.7 Å². The zero-order valence-corrected chi connectivity index (χ0v) is 25.4. The highest BCUT2D eigenvalue weighted by molar-refractivity contribution is 9.10. The predicted octanol–water partition coefficient (Wildman–Crippen LogP) is 7.99. The number of Topliss-reactive ketones (excluding diaryl/α,β-unsaturated/α-hetero) is 1. The van der Waals surface area contributed by atoms with Crippen LogP contribution in [-0.2, 0) is 15.3 Å². The van der Waals surface area contributed by atoms with Gasteiger partial charge in [-0.15, -0.1) is 10.2 Å². The summed E-state index contributed by atoms with van der Waals surface area (Å²) in [4.78, 5) is 28.5. The number of carbonyl (C=O) groups excluding carboxylic acids is 2. The molecule has 0 bridgehead atoms. The van der Waals surface area contributed by atoms with E-state index in [-0.39, 0.29) is 11.3 Å². The van der Waals surface area contributed by atoms with Crippen LogP contribution in [0.25, 0.3) is 16.5 Å². The Balaban J connectivity index is 1.39. The number of anilines is 1. The van der Waals surface area contributed by atoms with Gasteiger partial charge in [-0.05, 0) is 59.5 Å². The fraction of sp³-hybridized carbons (Fsp3) is 0.125. The molecular formula is C32H24BrN3O3S2. The molecule has 6 nitrogen and oxygen atoms in total. The summed E-state index contributed by atoms with van der Waals surface area (Å²) in [5.41, 5.74) is 4.13. The van der Waals surface area contributed by atoms with Crippen molar-refractivity contribution < 1.29 is 14.7 Å². The molecule has 1 fully saturated rings. The Kier molecular flexibility index (Phi) is 7.50. The highest BCUT2D eigenvalue weighted by atomic mass is 79.9. The van der Waals surface area contributed by atoms with Crippen LogP contribution in [-0.4, -0.2) is 27.0 Å². The van der Waals surface area contributed by atoms with Gasteiger partial charge in [0.1, 0.15) is 5.76 Å². The first kappa shape index (κ1) is 27.4. The average molecular weight is 643 g/mol. The number of aliphatic hydroxyl groups excluding tert-OH is 1. The second-order valence-electron chi connectivity index (χ2n) is 9.82. The summed E-state index contributed by atoms with van der Waals surface area (Å²) in [6.07, 6.45) is 0. The number of aromatic nitrogens is 2. The van der Waals surface area contributed by atoms with Crippen LogP contribution in [0.4, 0.5) is 5.13 Å². The zero-order chi connectivity index (χ0) is 28.7. The van der Waals surface area contributed by atoms with Gasteiger partial charge in [-0.2, -0.15) is 0 Å². The van der Waals surface area contributed by atoms with Gasteiger partial charge in [0.05, 0.1) is 11.6 Å². The van der Waals surface area contributed by atoms with E-state index in [0.717, 1.165) is 15.6 Å². The summed E-state index contributed by atoms with van der Waals surface area (Å²) < 4.78 is 1.47. The van der Waals surface area contributed by atoms with Crippen LogP contribution in [0.3, 0.4) is 0 Å². The van der Waals surface area contributed by atoms with Gasteiger partial charge in [-0.25, -0.2) is 0 Å². The molecule has 0 spiro atoms. The molecule has 2 heterocycles. The zero-order valence-electron chi connectivity index (χ0n) is 22.2. The molecule has 1 saturated heterocycles. The summed E-state index contributed by atoms with van der Waals surface area (Å²) in [5.74, 6) is -1.03. The van der Waals surface area contributed by atoms with Crippen molar-refractivity contribution in [2.45, 2.75) is 30.0 Å². The molecule has 204 valence electrons. The molecule has 9 heteroatoms. The van der Waals surface area contributed by atoms with Crippen molar-refractivity contribution in [1.82, 2.24) is 10.2 Å². The number of ketones is 1. The van der Waals surface area contributed by atoms with Crippen LogP contribution in [0, 0.1) is 13.8 Å². The summed E-state index contributed by atoms with van der Waals surface area (Å²) >= 11 is 6.29. The molecule has 6 rings (SSSR count). The SMILES string of the molecule is Cc1ccc(C)c(/C(O)=C2\C(=O)C(=O)N(c3nnc(SCc4cccc5ccccc45)s3)C2c2cccc(Br)c2)c1. The minimum Gasteiger partial charge on any atom is -0.507 e. The summed E-state index contributed by atoms with van der Waals surface area (Å²) in [5, 5.41) is 22.9. The Morgan fingerprint density at radius 1 is 0.976 bits per heavy atom. The third-order valence-electron chi connectivity index (χ3n) is 7.09. The van der Waals surface area contributed by atoms with E-state index in [1.54, 1.807) is 0 Å². The summed E-state index contributed by atoms with van der Waals surface area (Å²) in [6, 6.07) is 26.6. The standard InChI is InChI=1S/C32H24BrN3O3S2/c1-18-13-14-19(2)25(15-18)28(37)26-27(21-9-6-11-23(33)16-21)36(30(39)29(26)38)31-34-35-32(41-31)40-17-22-10-5-8-20-7-3-4-12-24(20)22/h3-16,27,37H,17H2,1-2H3/b28-26+. The minimum absolute atomic E-state index is 0.0296. The number of fused-ring (bicyclic) bond motifs is 1. The fourth-order valence-corrected chi connectivity index (χ4v) is 7.36. The Bertz CT molecular complexity index is 1860. The topological polar surface area (TPSA) is 83.4 Å². The first-order valence-corrected chi connectivity index (χ1v) is 15.5. The van der Waals surface area contributed by atoms with Crippen molar-refractivity contribution in [3.8, 4) is 0 Å². The average Bonchev–Trinajstić information content (AvgIpc) is 3.54. The van der Waals surface area contributed by atoms with E-state index in [0.29, 0.717) is 26.4 Å². The number of hydrogen-bond donors (Lipinski definition) is 1. The predicted molar refractivity (Wildman–Crippen MR) is 168 cm³/mol. The van der Waals surface area contributed by atoms with Gasteiger partial charge in [0.2, 0.25) is 5.13 Å². The molecule has 0 aliphatic carbocycles. The van der Waals surface area contributed by atoms with Crippen molar-refractivity contribution >= 4 is 72.4 Å². The van der Waals surface area contributed by atoms with Crippen LogP contribution in [0.15, 0.2) is 99.3 Å². The smallest absolute Gasteiger partial charge is 0.301 e. The number of amides is 1. The van der Waals surface area contributed by atoms with Crippen LogP contribution in [0.5, 0.6) is 0 Å².